The monoisotopic (exact) mass is 329 g/mol. The summed E-state index contributed by atoms with van der Waals surface area (Å²) in [4.78, 5) is 31.1. The van der Waals surface area contributed by atoms with E-state index >= 15 is 0 Å². The summed E-state index contributed by atoms with van der Waals surface area (Å²) in [7, 11) is 0. The molecule has 1 aromatic rings. The number of carbonyl (C=O) groups excluding carboxylic acids is 2. The number of amides is 2. The molecule has 2 amide bonds. The van der Waals surface area contributed by atoms with Crippen LogP contribution in [0.15, 0.2) is 41.0 Å². The molecule has 0 aliphatic carbocycles. The maximum Gasteiger partial charge on any atom is 0.252 e. The Balaban J connectivity index is 2.06. The molecule has 1 fully saturated rings. The topological polar surface area (TPSA) is 105 Å². The summed E-state index contributed by atoms with van der Waals surface area (Å²) in [5, 5.41) is 0. The zero-order valence-corrected chi connectivity index (χ0v) is 14.0. The molecule has 0 unspecified atom stereocenters. The number of hydrogen-bond donors (Lipinski definition) is 2. The van der Waals surface area contributed by atoms with E-state index in [4.69, 9.17) is 11.5 Å². The molecule has 1 aliphatic heterocycles. The second kappa shape index (κ2) is 7.63. The number of anilines is 1. The lowest BCUT2D eigenvalue weighted by molar-refractivity contribution is -0.129. The number of rotatable bonds is 4. The smallest absolute Gasteiger partial charge is 0.252 e. The molecule has 128 valence electrons. The van der Waals surface area contributed by atoms with E-state index in [1.165, 1.54) is 6.20 Å². The summed E-state index contributed by atoms with van der Waals surface area (Å²) in [6, 6.07) is 7.72. The second-order valence-corrected chi connectivity index (χ2v) is 5.65. The van der Waals surface area contributed by atoms with Crippen molar-refractivity contribution in [3.8, 4) is 0 Å². The van der Waals surface area contributed by atoms with Crippen LogP contribution in [0, 0.1) is 0 Å². The van der Waals surface area contributed by atoms with Crippen LogP contribution in [0.25, 0.3) is 0 Å². The predicted molar refractivity (Wildman–Crippen MR) is 95.1 cm³/mol. The minimum Gasteiger partial charge on any atom is -0.404 e. The van der Waals surface area contributed by atoms with Crippen molar-refractivity contribution in [3.63, 3.8) is 0 Å². The number of aliphatic imine (C=N–C) groups is 1. The van der Waals surface area contributed by atoms with Gasteiger partial charge in [0.05, 0.1) is 17.0 Å². The minimum absolute atomic E-state index is 0.119. The highest BCUT2D eigenvalue weighted by Gasteiger charge is 2.18. The molecule has 0 saturated carbocycles. The Bertz CT molecular complexity index is 671. The average Bonchev–Trinajstić information content (AvgIpc) is 2.56. The van der Waals surface area contributed by atoms with Gasteiger partial charge in [-0.05, 0) is 31.2 Å². The van der Waals surface area contributed by atoms with Gasteiger partial charge < -0.3 is 21.3 Å². The molecule has 7 heteroatoms. The van der Waals surface area contributed by atoms with Crippen LogP contribution in [0.2, 0.25) is 0 Å². The van der Waals surface area contributed by atoms with Crippen molar-refractivity contribution < 1.29 is 9.59 Å². The highest BCUT2D eigenvalue weighted by molar-refractivity contribution is 6.20. The second-order valence-electron chi connectivity index (χ2n) is 5.65. The van der Waals surface area contributed by atoms with Crippen LogP contribution in [0.4, 0.5) is 11.4 Å². The molecule has 2 rings (SSSR count). The summed E-state index contributed by atoms with van der Waals surface area (Å²) >= 11 is 0. The van der Waals surface area contributed by atoms with Crippen LogP contribution >= 0.6 is 0 Å². The molecular weight excluding hydrogens is 306 g/mol. The van der Waals surface area contributed by atoms with E-state index in [9.17, 15) is 9.59 Å². The summed E-state index contributed by atoms with van der Waals surface area (Å²) in [6.07, 6.45) is 1.17. The first-order valence-electron chi connectivity index (χ1n) is 7.80. The fourth-order valence-corrected chi connectivity index (χ4v) is 2.65. The average molecular weight is 329 g/mol. The first-order chi connectivity index (χ1) is 11.4. The van der Waals surface area contributed by atoms with Crippen LogP contribution in [0.5, 0.6) is 0 Å². The van der Waals surface area contributed by atoms with E-state index in [0.29, 0.717) is 5.71 Å². The minimum atomic E-state index is -0.598. The van der Waals surface area contributed by atoms with Crippen molar-refractivity contribution in [3.05, 3.63) is 36.0 Å². The number of carbonyl (C=O) groups is 2. The van der Waals surface area contributed by atoms with Crippen molar-refractivity contribution in [1.29, 1.82) is 0 Å². The lowest BCUT2D eigenvalue weighted by atomic mass is 10.1. The van der Waals surface area contributed by atoms with Crippen LogP contribution in [-0.2, 0) is 9.59 Å². The molecule has 1 saturated heterocycles. The fraction of sp³-hybridized carbons (Fsp3) is 0.353. The van der Waals surface area contributed by atoms with Crippen molar-refractivity contribution in [2.24, 2.45) is 16.5 Å². The van der Waals surface area contributed by atoms with Crippen LogP contribution in [0.1, 0.15) is 13.8 Å². The van der Waals surface area contributed by atoms with Gasteiger partial charge in [-0.3, -0.25) is 14.6 Å². The SMILES string of the molecule is CC(=O)N1CCN(c2ccc(N=C(C)C(=CN)C(N)=O)cc2)CC1. The van der Waals surface area contributed by atoms with Gasteiger partial charge in [0.25, 0.3) is 5.91 Å². The quantitative estimate of drug-likeness (QED) is 0.629. The van der Waals surface area contributed by atoms with Gasteiger partial charge in [0, 0.05) is 45.0 Å². The van der Waals surface area contributed by atoms with E-state index in [1.54, 1.807) is 13.8 Å². The molecule has 0 radical (unpaired) electrons. The van der Waals surface area contributed by atoms with E-state index in [1.807, 2.05) is 29.2 Å². The zero-order valence-electron chi connectivity index (χ0n) is 14.0. The Morgan fingerprint density at radius 2 is 1.67 bits per heavy atom. The Hall–Kier alpha value is -2.83. The van der Waals surface area contributed by atoms with Crippen molar-refractivity contribution in [2.45, 2.75) is 13.8 Å². The van der Waals surface area contributed by atoms with Gasteiger partial charge in [-0.15, -0.1) is 0 Å². The lowest BCUT2D eigenvalue weighted by Gasteiger charge is -2.35. The number of hydrogen-bond acceptors (Lipinski definition) is 5. The molecule has 7 nitrogen and oxygen atoms in total. The van der Waals surface area contributed by atoms with Gasteiger partial charge in [0.1, 0.15) is 0 Å². The van der Waals surface area contributed by atoms with E-state index < -0.39 is 5.91 Å². The largest absolute Gasteiger partial charge is 0.404 e. The number of nitrogens with zero attached hydrogens (tertiary/aromatic N) is 3. The number of piperazine rings is 1. The molecule has 0 spiro atoms. The van der Waals surface area contributed by atoms with E-state index in [2.05, 4.69) is 9.89 Å². The van der Waals surface area contributed by atoms with Crippen LogP contribution in [0.3, 0.4) is 0 Å². The maximum atomic E-state index is 11.4. The van der Waals surface area contributed by atoms with Gasteiger partial charge in [0.15, 0.2) is 0 Å². The summed E-state index contributed by atoms with van der Waals surface area (Å²) < 4.78 is 0. The van der Waals surface area contributed by atoms with Crippen molar-refractivity contribution in [1.82, 2.24) is 4.90 Å². The van der Waals surface area contributed by atoms with Crippen LogP contribution < -0.4 is 16.4 Å². The van der Waals surface area contributed by atoms with Gasteiger partial charge in [0.2, 0.25) is 5.91 Å². The van der Waals surface area contributed by atoms with Gasteiger partial charge in [-0.1, -0.05) is 0 Å². The summed E-state index contributed by atoms with van der Waals surface area (Å²) in [5.41, 5.74) is 13.1. The van der Waals surface area contributed by atoms with Gasteiger partial charge in [-0.2, -0.15) is 0 Å². The number of primary amides is 1. The Morgan fingerprint density at radius 1 is 1.08 bits per heavy atom. The molecule has 1 heterocycles. The highest BCUT2D eigenvalue weighted by atomic mass is 16.2. The number of benzene rings is 1. The third-order valence-electron chi connectivity index (χ3n) is 4.06. The van der Waals surface area contributed by atoms with Crippen molar-refractivity contribution >= 4 is 28.9 Å². The fourth-order valence-electron chi connectivity index (χ4n) is 2.65. The molecule has 0 aromatic heterocycles. The van der Waals surface area contributed by atoms with Gasteiger partial charge in [-0.25, -0.2) is 0 Å². The zero-order chi connectivity index (χ0) is 17.7. The van der Waals surface area contributed by atoms with Crippen LogP contribution in [-0.4, -0.2) is 48.6 Å². The van der Waals surface area contributed by atoms with Crippen molar-refractivity contribution in [2.75, 3.05) is 31.1 Å². The maximum absolute atomic E-state index is 11.4. The van der Waals surface area contributed by atoms with Gasteiger partial charge >= 0.3 is 0 Å². The molecule has 1 aromatic carbocycles. The molecular formula is C17H23N5O2. The third-order valence-corrected chi connectivity index (χ3v) is 4.06. The summed E-state index contributed by atoms with van der Waals surface area (Å²) in [6.45, 7) is 6.38. The standard InChI is InChI=1S/C17H23N5O2/c1-12(16(11-18)17(19)24)20-14-3-5-15(6-4-14)22-9-7-21(8-10-22)13(2)23/h3-6,11H,7-10,18H2,1-2H3,(H2,19,24). The molecule has 1 aliphatic rings. The first kappa shape index (κ1) is 17.5. The first-order valence-corrected chi connectivity index (χ1v) is 7.80. The molecule has 0 atom stereocenters. The predicted octanol–water partition coefficient (Wildman–Crippen LogP) is 0.775. The van der Waals surface area contributed by atoms with E-state index in [-0.39, 0.29) is 11.5 Å². The number of nitrogens with two attached hydrogens (primary N) is 2. The Morgan fingerprint density at radius 3 is 2.12 bits per heavy atom. The molecule has 4 N–H and O–H groups in total. The molecule has 24 heavy (non-hydrogen) atoms. The Labute approximate surface area is 141 Å². The third kappa shape index (κ3) is 4.13. The van der Waals surface area contributed by atoms with E-state index in [0.717, 1.165) is 37.6 Å². The lowest BCUT2D eigenvalue weighted by Crippen LogP contribution is -2.48. The normalized spacial score (nSPS) is 16.2. The Kier molecular flexibility index (Phi) is 5.57. The summed E-state index contributed by atoms with van der Waals surface area (Å²) in [5.74, 6) is -0.480. The molecule has 0 bridgehead atoms. The highest BCUT2D eigenvalue weighted by Crippen LogP contribution is 2.22.